The first-order valence-electron chi connectivity index (χ1n) is 5.01. The Morgan fingerprint density at radius 2 is 2.27 bits per heavy atom. The summed E-state index contributed by atoms with van der Waals surface area (Å²) in [6.45, 7) is 0.810. The van der Waals surface area contributed by atoms with Gasteiger partial charge in [0.15, 0.2) is 0 Å². The van der Waals surface area contributed by atoms with Crippen LogP contribution < -0.4 is 5.32 Å². The summed E-state index contributed by atoms with van der Waals surface area (Å²) < 4.78 is 0. The van der Waals surface area contributed by atoms with Gasteiger partial charge in [0, 0.05) is 28.4 Å². The molecule has 0 amide bonds. The number of hydrogen-bond acceptors (Lipinski definition) is 2. The van der Waals surface area contributed by atoms with E-state index in [1.807, 2.05) is 30.0 Å². The molecule has 1 nitrogen and oxygen atoms in total. The molecule has 0 radical (unpaired) electrons. The highest BCUT2D eigenvalue weighted by atomic mass is 35.5. The lowest BCUT2D eigenvalue weighted by atomic mass is 10.2. The second-order valence-electron chi connectivity index (χ2n) is 3.68. The Bertz CT molecular complexity index is 337. The Kier molecular flexibility index (Phi) is 4.21. The van der Waals surface area contributed by atoms with Crippen LogP contribution in [0.15, 0.2) is 18.2 Å². The SMILES string of the molecule is Clc1ccc(Cl)c(CNC2CCSC2)c1. The summed E-state index contributed by atoms with van der Waals surface area (Å²) in [6.07, 6.45) is 1.25. The van der Waals surface area contributed by atoms with Gasteiger partial charge >= 0.3 is 0 Å². The Balaban J connectivity index is 1.94. The molecule has 1 aliphatic rings. The third-order valence-corrected chi connectivity index (χ3v) is 4.28. The van der Waals surface area contributed by atoms with Crippen molar-refractivity contribution < 1.29 is 0 Å². The summed E-state index contributed by atoms with van der Waals surface area (Å²) in [6, 6.07) is 6.23. The van der Waals surface area contributed by atoms with Gasteiger partial charge < -0.3 is 5.32 Å². The molecular formula is C11H13Cl2NS. The first-order chi connectivity index (χ1) is 7.25. The maximum absolute atomic E-state index is 6.08. The lowest BCUT2D eigenvalue weighted by molar-refractivity contribution is 0.558. The predicted molar refractivity (Wildman–Crippen MR) is 69.0 cm³/mol. The first-order valence-corrected chi connectivity index (χ1v) is 6.92. The van der Waals surface area contributed by atoms with E-state index in [4.69, 9.17) is 23.2 Å². The number of rotatable bonds is 3. The molecule has 4 heteroatoms. The summed E-state index contributed by atoms with van der Waals surface area (Å²) in [4.78, 5) is 0. The van der Waals surface area contributed by atoms with E-state index in [2.05, 4.69) is 5.32 Å². The second kappa shape index (κ2) is 5.44. The highest BCUT2D eigenvalue weighted by Crippen LogP contribution is 2.22. The maximum Gasteiger partial charge on any atom is 0.0451 e. The zero-order valence-electron chi connectivity index (χ0n) is 8.30. The molecule has 0 spiro atoms. The van der Waals surface area contributed by atoms with Crippen LogP contribution in [-0.4, -0.2) is 17.5 Å². The molecule has 1 N–H and O–H groups in total. The molecule has 1 aromatic carbocycles. The highest BCUT2D eigenvalue weighted by molar-refractivity contribution is 7.99. The highest BCUT2D eigenvalue weighted by Gasteiger charge is 2.14. The van der Waals surface area contributed by atoms with Crippen LogP contribution >= 0.6 is 35.0 Å². The van der Waals surface area contributed by atoms with E-state index in [1.165, 1.54) is 17.9 Å². The zero-order valence-corrected chi connectivity index (χ0v) is 10.6. The normalized spacial score (nSPS) is 20.8. The molecule has 0 aliphatic carbocycles. The van der Waals surface area contributed by atoms with Crippen molar-refractivity contribution in [3.63, 3.8) is 0 Å². The van der Waals surface area contributed by atoms with Gasteiger partial charge in [-0.2, -0.15) is 11.8 Å². The third kappa shape index (κ3) is 3.28. The summed E-state index contributed by atoms with van der Waals surface area (Å²) in [5.41, 5.74) is 1.08. The predicted octanol–water partition coefficient (Wildman–Crippen LogP) is 3.59. The first kappa shape index (κ1) is 11.6. The smallest absolute Gasteiger partial charge is 0.0451 e. The molecule has 1 aliphatic heterocycles. The molecule has 1 fully saturated rings. The summed E-state index contributed by atoms with van der Waals surface area (Å²) in [5, 5.41) is 5.04. The fourth-order valence-electron chi connectivity index (χ4n) is 1.63. The van der Waals surface area contributed by atoms with Crippen molar-refractivity contribution >= 4 is 35.0 Å². The van der Waals surface area contributed by atoms with Crippen molar-refractivity contribution in [1.82, 2.24) is 5.32 Å². The van der Waals surface area contributed by atoms with Crippen molar-refractivity contribution in [3.05, 3.63) is 33.8 Å². The Morgan fingerprint density at radius 1 is 1.40 bits per heavy atom. The van der Waals surface area contributed by atoms with Crippen molar-refractivity contribution in [3.8, 4) is 0 Å². The van der Waals surface area contributed by atoms with Crippen molar-refractivity contribution in [2.24, 2.45) is 0 Å². The van der Waals surface area contributed by atoms with Crippen LogP contribution in [0.1, 0.15) is 12.0 Å². The van der Waals surface area contributed by atoms with Gasteiger partial charge in [-0.25, -0.2) is 0 Å². The number of halogens is 2. The Labute approximate surface area is 105 Å². The molecule has 1 saturated heterocycles. The molecule has 0 saturated carbocycles. The van der Waals surface area contributed by atoms with Crippen LogP contribution in [0.2, 0.25) is 10.0 Å². The average molecular weight is 262 g/mol. The molecule has 0 bridgehead atoms. The Morgan fingerprint density at radius 3 is 3.00 bits per heavy atom. The van der Waals surface area contributed by atoms with E-state index < -0.39 is 0 Å². The van der Waals surface area contributed by atoms with E-state index in [-0.39, 0.29) is 0 Å². The quantitative estimate of drug-likeness (QED) is 0.893. The van der Waals surface area contributed by atoms with Crippen LogP contribution in [0.5, 0.6) is 0 Å². The molecule has 2 rings (SSSR count). The minimum atomic E-state index is 0.630. The van der Waals surface area contributed by atoms with E-state index in [9.17, 15) is 0 Å². The van der Waals surface area contributed by atoms with Crippen LogP contribution in [0, 0.1) is 0 Å². The van der Waals surface area contributed by atoms with Gasteiger partial charge in [-0.1, -0.05) is 23.2 Å². The van der Waals surface area contributed by atoms with Crippen molar-refractivity contribution in [2.45, 2.75) is 19.0 Å². The molecule has 0 aromatic heterocycles. The van der Waals surface area contributed by atoms with Gasteiger partial charge in [-0.05, 0) is 35.9 Å². The largest absolute Gasteiger partial charge is 0.309 e. The number of hydrogen-bond donors (Lipinski definition) is 1. The summed E-state index contributed by atoms with van der Waals surface area (Å²) in [5.74, 6) is 2.47. The van der Waals surface area contributed by atoms with Gasteiger partial charge in [0.2, 0.25) is 0 Å². The van der Waals surface area contributed by atoms with Crippen LogP contribution in [0.25, 0.3) is 0 Å². The average Bonchev–Trinajstić information content (AvgIpc) is 2.72. The van der Waals surface area contributed by atoms with E-state index in [1.54, 1.807) is 0 Å². The molecule has 1 heterocycles. The van der Waals surface area contributed by atoms with E-state index in [0.29, 0.717) is 6.04 Å². The molecule has 1 aromatic rings. The monoisotopic (exact) mass is 261 g/mol. The minimum Gasteiger partial charge on any atom is -0.309 e. The fourth-order valence-corrected chi connectivity index (χ4v) is 3.19. The van der Waals surface area contributed by atoms with E-state index in [0.717, 1.165) is 22.2 Å². The molecular weight excluding hydrogens is 249 g/mol. The lowest BCUT2D eigenvalue weighted by Crippen LogP contribution is -2.28. The van der Waals surface area contributed by atoms with Gasteiger partial charge in [-0.15, -0.1) is 0 Å². The van der Waals surface area contributed by atoms with Gasteiger partial charge in [-0.3, -0.25) is 0 Å². The molecule has 1 unspecified atom stereocenters. The van der Waals surface area contributed by atoms with Crippen LogP contribution in [0.3, 0.4) is 0 Å². The number of thioether (sulfide) groups is 1. The lowest BCUT2D eigenvalue weighted by Gasteiger charge is -2.12. The van der Waals surface area contributed by atoms with Gasteiger partial charge in [0.05, 0.1) is 0 Å². The third-order valence-electron chi connectivity index (χ3n) is 2.52. The van der Waals surface area contributed by atoms with Crippen molar-refractivity contribution in [1.29, 1.82) is 0 Å². The Hall–Kier alpha value is 0.110. The second-order valence-corrected chi connectivity index (χ2v) is 5.67. The van der Waals surface area contributed by atoms with Gasteiger partial charge in [0.1, 0.15) is 0 Å². The molecule has 15 heavy (non-hydrogen) atoms. The zero-order chi connectivity index (χ0) is 10.7. The minimum absolute atomic E-state index is 0.630. The number of nitrogens with one attached hydrogen (secondary N) is 1. The fraction of sp³-hybridized carbons (Fsp3) is 0.455. The topological polar surface area (TPSA) is 12.0 Å². The number of benzene rings is 1. The summed E-state index contributed by atoms with van der Waals surface area (Å²) >= 11 is 14.0. The van der Waals surface area contributed by atoms with Crippen molar-refractivity contribution in [2.75, 3.05) is 11.5 Å². The van der Waals surface area contributed by atoms with Crippen LogP contribution in [0.4, 0.5) is 0 Å². The van der Waals surface area contributed by atoms with E-state index >= 15 is 0 Å². The maximum atomic E-state index is 6.08. The standard InChI is InChI=1S/C11H13Cl2NS/c12-9-1-2-11(13)8(5-9)6-14-10-3-4-15-7-10/h1-2,5,10,14H,3-4,6-7H2. The molecule has 1 atom stereocenters. The van der Waals surface area contributed by atoms with Crippen LogP contribution in [-0.2, 0) is 6.54 Å². The molecule has 82 valence electrons. The summed E-state index contributed by atoms with van der Waals surface area (Å²) in [7, 11) is 0. The van der Waals surface area contributed by atoms with Gasteiger partial charge in [0.25, 0.3) is 0 Å².